The van der Waals surface area contributed by atoms with Crippen LogP contribution in [0.15, 0.2) is 81.9 Å². The first-order valence-electron chi connectivity index (χ1n) is 13.0. The fraction of sp³-hybridized carbons (Fsp3) is 0.125. The van der Waals surface area contributed by atoms with E-state index in [2.05, 4.69) is 15.3 Å². The molecule has 3 aromatic heterocycles. The van der Waals surface area contributed by atoms with E-state index in [1.165, 1.54) is 43.4 Å². The van der Waals surface area contributed by atoms with Crippen molar-refractivity contribution in [2.24, 2.45) is 5.73 Å². The van der Waals surface area contributed by atoms with Crippen molar-refractivity contribution < 1.29 is 27.2 Å². The van der Waals surface area contributed by atoms with Gasteiger partial charge in [0.05, 0.1) is 17.1 Å². The van der Waals surface area contributed by atoms with Crippen molar-refractivity contribution in [3.8, 4) is 22.5 Å². The predicted octanol–water partition coefficient (Wildman–Crippen LogP) is 6.60. The van der Waals surface area contributed by atoms with Gasteiger partial charge in [-0.2, -0.15) is 0 Å². The van der Waals surface area contributed by atoms with Crippen LogP contribution in [0.4, 0.5) is 8.78 Å². The number of aromatic nitrogens is 2. The minimum atomic E-state index is -0.669. The molecule has 0 saturated carbocycles. The van der Waals surface area contributed by atoms with E-state index in [9.17, 15) is 14.0 Å². The Morgan fingerprint density at radius 1 is 0.952 bits per heavy atom. The van der Waals surface area contributed by atoms with E-state index in [0.717, 1.165) is 29.0 Å². The zero-order chi connectivity index (χ0) is 30.0. The number of halogens is 2. The number of amides is 2. The summed E-state index contributed by atoms with van der Waals surface area (Å²) in [6.45, 7) is 3.79. The Bertz CT molecular complexity index is 1910. The molecule has 212 valence electrons. The summed E-state index contributed by atoms with van der Waals surface area (Å²) in [7, 11) is 1.43. The largest absolute Gasteiger partial charge is 0.455 e. The Labute approximate surface area is 239 Å². The predicted molar refractivity (Wildman–Crippen MR) is 155 cm³/mol. The number of benzene rings is 3. The van der Waals surface area contributed by atoms with Gasteiger partial charge in [-0.25, -0.2) is 13.8 Å². The molecule has 8 nitrogen and oxygen atoms in total. The van der Waals surface area contributed by atoms with Crippen LogP contribution in [0.1, 0.15) is 39.1 Å². The lowest BCUT2D eigenvalue weighted by Gasteiger charge is -2.10. The van der Waals surface area contributed by atoms with Gasteiger partial charge >= 0.3 is 0 Å². The lowest BCUT2D eigenvalue weighted by molar-refractivity contribution is 0.0962. The van der Waals surface area contributed by atoms with Crippen molar-refractivity contribution in [2.75, 3.05) is 7.05 Å². The van der Waals surface area contributed by atoms with Gasteiger partial charge in [0.15, 0.2) is 11.5 Å². The lowest BCUT2D eigenvalue weighted by atomic mass is 9.95. The van der Waals surface area contributed by atoms with Crippen molar-refractivity contribution in [2.45, 2.75) is 20.3 Å². The van der Waals surface area contributed by atoms with Crippen molar-refractivity contribution in [3.63, 3.8) is 0 Å². The maximum atomic E-state index is 15.8. The highest BCUT2D eigenvalue weighted by atomic mass is 19.1. The molecule has 0 aliphatic carbocycles. The van der Waals surface area contributed by atoms with E-state index < -0.39 is 23.4 Å². The van der Waals surface area contributed by atoms with Crippen LogP contribution in [0.25, 0.3) is 44.5 Å². The summed E-state index contributed by atoms with van der Waals surface area (Å²) >= 11 is 0. The molecule has 0 aliphatic heterocycles. The van der Waals surface area contributed by atoms with Crippen molar-refractivity contribution in [3.05, 3.63) is 107 Å². The number of aryl methyl sites for hydroxylation is 2. The fourth-order valence-electron chi connectivity index (χ4n) is 4.55. The number of pyridine rings is 1. The van der Waals surface area contributed by atoms with Crippen LogP contribution in [0, 0.1) is 18.6 Å². The molecule has 3 aromatic carbocycles. The first-order valence-corrected chi connectivity index (χ1v) is 13.0. The molecule has 3 heterocycles. The van der Waals surface area contributed by atoms with E-state index in [0.29, 0.717) is 11.1 Å². The Hall–Kier alpha value is -5.38. The second-order valence-electron chi connectivity index (χ2n) is 9.39. The van der Waals surface area contributed by atoms with Gasteiger partial charge in [0.1, 0.15) is 28.5 Å². The smallest absolute Gasteiger partial charge is 0.255 e. The minimum Gasteiger partial charge on any atom is -0.455 e. The van der Waals surface area contributed by atoms with E-state index in [-0.39, 0.29) is 33.4 Å². The normalized spacial score (nSPS) is 10.9. The summed E-state index contributed by atoms with van der Waals surface area (Å²) in [5.74, 6) is -1.38. The summed E-state index contributed by atoms with van der Waals surface area (Å²) in [5, 5.41) is 2.50. The molecule has 0 atom stereocenters. The fourth-order valence-corrected chi connectivity index (χ4v) is 4.55. The summed E-state index contributed by atoms with van der Waals surface area (Å²) in [5.41, 5.74) is 9.28. The average molecular weight is 569 g/mol. The van der Waals surface area contributed by atoms with Gasteiger partial charge < -0.3 is 19.9 Å². The molecule has 0 aliphatic rings. The third-order valence-electron chi connectivity index (χ3n) is 6.70. The van der Waals surface area contributed by atoms with Crippen LogP contribution in [0.2, 0.25) is 0 Å². The van der Waals surface area contributed by atoms with Gasteiger partial charge in [0.2, 0.25) is 5.91 Å². The Balaban J connectivity index is 0.000000267. The third-order valence-corrected chi connectivity index (χ3v) is 6.70. The highest BCUT2D eigenvalue weighted by molar-refractivity contribution is 6.12. The molecular weight excluding hydrogens is 542 g/mol. The van der Waals surface area contributed by atoms with Crippen LogP contribution >= 0.6 is 0 Å². The zero-order valence-corrected chi connectivity index (χ0v) is 23.0. The number of rotatable bonds is 5. The Kier molecular flexibility index (Phi) is 7.79. The van der Waals surface area contributed by atoms with Gasteiger partial charge in [0.25, 0.3) is 5.91 Å². The highest BCUT2D eigenvalue weighted by Gasteiger charge is 2.26. The van der Waals surface area contributed by atoms with Crippen molar-refractivity contribution >= 4 is 33.9 Å². The number of nitrogens with zero attached hydrogens (tertiary/aromatic N) is 2. The van der Waals surface area contributed by atoms with Crippen molar-refractivity contribution in [1.29, 1.82) is 0 Å². The van der Waals surface area contributed by atoms with Crippen LogP contribution in [-0.2, 0) is 6.42 Å². The summed E-state index contributed by atoms with van der Waals surface area (Å²) in [4.78, 5) is 32.4. The molecule has 6 rings (SSSR count). The van der Waals surface area contributed by atoms with Crippen LogP contribution in [0.3, 0.4) is 0 Å². The molecule has 6 aromatic rings. The summed E-state index contributed by atoms with van der Waals surface area (Å²) in [6, 6.07) is 15.0. The molecule has 0 radical (unpaired) electrons. The monoisotopic (exact) mass is 568 g/mol. The van der Waals surface area contributed by atoms with E-state index in [1.807, 2.05) is 13.0 Å². The molecule has 0 fully saturated rings. The number of furan rings is 1. The number of oxazole rings is 1. The molecule has 10 heteroatoms. The van der Waals surface area contributed by atoms with Crippen molar-refractivity contribution in [1.82, 2.24) is 15.3 Å². The molecule has 0 saturated heterocycles. The minimum absolute atomic E-state index is 0.0000491. The number of nitrogens with two attached hydrogens (primary N) is 1. The van der Waals surface area contributed by atoms with E-state index >= 15 is 4.39 Å². The maximum Gasteiger partial charge on any atom is 0.255 e. The molecule has 42 heavy (non-hydrogen) atoms. The Morgan fingerprint density at radius 3 is 2.38 bits per heavy atom. The molecule has 2 amide bonds. The maximum absolute atomic E-state index is 15.8. The number of nitrogens with one attached hydrogen (secondary N) is 1. The number of carbonyl (C=O) groups excluding carboxylic acids is 2. The molecule has 3 N–H and O–H groups in total. The second-order valence-corrected chi connectivity index (χ2v) is 9.39. The first-order chi connectivity index (χ1) is 20.2. The van der Waals surface area contributed by atoms with Gasteiger partial charge in [0, 0.05) is 42.4 Å². The van der Waals surface area contributed by atoms with Crippen LogP contribution < -0.4 is 11.1 Å². The number of primary amides is 1. The molecule has 0 bridgehead atoms. The zero-order valence-electron chi connectivity index (χ0n) is 23.0. The standard InChI is InChI=1S/C24H18F2N2O3.C8H8N2O/c1-12-3-4-14(23(27)29)11-17(12)16-9-10-18-19(21(16)26)20(24(30)28-2)22(31-18)13-5-7-15(25)8-6-13;1-2-8-10-6-5-9-4-3-7(6)11-8/h3-11H,1-2H3,(H2,27,29)(H,28,30);3-5H,2H2,1H3. The van der Waals surface area contributed by atoms with Gasteiger partial charge in [-0.15, -0.1) is 0 Å². The number of hydrogen-bond acceptors (Lipinski definition) is 6. The summed E-state index contributed by atoms with van der Waals surface area (Å²) < 4.78 is 40.3. The number of fused-ring (bicyclic) bond motifs is 2. The first kappa shape index (κ1) is 28.2. The Morgan fingerprint density at radius 2 is 1.71 bits per heavy atom. The van der Waals surface area contributed by atoms with Gasteiger partial charge in [-0.05, 0) is 66.6 Å². The molecule has 0 unspecified atom stereocenters. The van der Waals surface area contributed by atoms with E-state index in [1.54, 1.807) is 37.5 Å². The van der Waals surface area contributed by atoms with E-state index in [4.69, 9.17) is 14.6 Å². The second kappa shape index (κ2) is 11.6. The van der Waals surface area contributed by atoms with Gasteiger partial charge in [-0.1, -0.05) is 13.0 Å². The third kappa shape index (κ3) is 5.34. The number of hydrogen-bond donors (Lipinski definition) is 2. The molecule has 0 spiro atoms. The SMILES string of the molecule is CCc1nc2cnccc2o1.CNC(=O)c1c(-c2ccc(F)cc2)oc2ccc(-c3cc(C(N)=O)ccc3C)c(F)c12. The average Bonchev–Trinajstić information content (AvgIpc) is 3.60. The summed E-state index contributed by atoms with van der Waals surface area (Å²) in [6.07, 6.45) is 4.24. The highest BCUT2D eigenvalue weighted by Crippen LogP contribution is 2.39. The van der Waals surface area contributed by atoms with Crippen LogP contribution in [0.5, 0.6) is 0 Å². The topological polar surface area (TPSA) is 124 Å². The number of carbonyl (C=O) groups is 2. The van der Waals surface area contributed by atoms with Crippen LogP contribution in [-0.4, -0.2) is 28.8 Å². The lowest BCUT2D eigenvalue weighted by Crippen LogP contribution is -2.18. The quantitative estimate of drug-likeness (QED) is 0.242. The van der Waals surface area contributed by atoms with Gasteiger partial charge in [-0.3, -0.25) is 14.6 Å². The molecular formula is C32H26F2N4O4.